The standard InChI is InChI=1S/C20H16FN3O4/c21-15-4-2-1-3-14(15)10-22-19(25)11-24-20(26)8-6-16(23-24)13-5-7-17-18(9-13)28-12-27-17/h1-9H,10-12H2,(H,22,25). The third-order valence-electron chi connectivity index (χ3n) is 4.26. The Morgan fingerprint density at radius 1 is 1.11 bits per heavy atom. The summed E-state index contributed by atoms with van der Waals surface area (Å²) < 4.78 is 25.3. The van der Waals surface area contributed by atoms with Crippen LogP contribution in [0, 0.1) is 5.82 Å². The van der Waals surface area contributed by atoms with Crippen molar-refractivity contribution in [3.63, 3.8) is 0 Å². The topological polar surface area (TPSA) is 82.5 Å². The first kappa shape index (κ1) is 17.7. The van der Waals surface area contributed by atoms with E-state index in [4.69, 9.17) is 9.47 Å². The second kappa shape index (κ2) is 7.51. The van der Waals surface area contributed by atoms with Gasteiger partial charge >= 0.3 is 0 Å². The molecular weight excluding hydrogens is 365 g/mol. The number of amides is 1. The fourth-order valence-electron chi connectivity index (χ4n) is 2.80. The van der Waals surface area contributed by atoms with E-state index in [-0.39, 0.29) is 19.9 Å². The highest BCUT2D eigenvalue weighted by molar-refractivity contribution is 5.75. The fourth-order valence-corrected chi connectivity index (χ4v) is 2.80. The lowest BCUT2D eigenvalue weighted by molar-refractivity contribution is -0.122. The molecule has 0 aliphatic carbocycles. The molecule has 0 saturated carbocycles. The number of benzene rings is 2. The molecule has 28 heavy (non-hydrogen) atoms. The van der Waals surface area contributed by atoms with Crippen molar-refractivity contribution < 1.29 is 18.7 Å². The van der Waals surface area contributed by atoms with Gasteiger partial charge in [0.25, 0.3) is 5.56 Å². The molecule has 8 heteroatoms. The van der Waals surface area contributed by atoms with E-state index in [0.29, 0.717) is 22.8 Å². The minimum atomic E-state index is -0.444. The van der Waals surface area contributed by atoms with Gasteiger partial charge in [0.05, 0.1) is 5.69 Å². The van der Waals surface area contributed by atoms with E-state index >= 15 is 0 Å². The minimum absolute atomic E-state index is 0.0299. The van der Waals surface area contributed by atoms with Gasteiger partial charge in [0, 0.05) is 23.7 Å². The molecule has 1 amide bonds. The van der Waals surface area contributed by atoms with Gasteiger partial charge in [-0.05, 0) is 30.3 Å². The Kier molecular flexibility index (Phi) is 4.76. The van der Waals surface area contributed by atoms with Crippen LogP contribution in [0.4, 0.5) is 4.39 Å². The number of aromatic nitrogens is 2. The smallest absolute Gasteiger partial charge is 0.267 e. The molecule has 0 radical (unpaired) electrons. The van der Waals surface area contributed by atoms with Gasteiger partial charge in [-0.25, -0.2) is 9.07 Å². The van der Waals surface area contributed by atoms with Crippen LogP contribution in [-0.4, -0.2) is 22.5 Å². The van der Waals surface area contributed by atoms with Gasteiger partial charge < -0.3 is 14.8 Å². The molecule has 3 aromatic rings. The summed E-state index contributed by atoms with van der Waals surface area (Å²) in [5, 5.41) is 6.85. The Morgan fingerprint density at radius 2 is 1.93 bits per heavy atom. The molecule has 0 saturated heterocycles. The third-order valence-corrected chi connectivity index (χ3v) is 4.26. The van der Waals surface area contributed by atoms with Crippen LogP contribution in [-0.2, 0) is 17.9 Å². The largest absolute Gasteiger partial charge is 0.454 e. The molecule has 1 aliphatic rings. The van der Waals surface area contributed by atoms with E-state index in [9.17, 15) is 14.0 Å². The maximum atomic E-state index is 13.6. The summed E-state index contributed by atoms with van der Waals surface area (Å²) in [5.74, 6) is 0.396. The van der Waals surface area contributed by atoms with Crippen molar-refractivity contribution in [3.05, 3.63) is 76.3 Å². The van der Waals surface area contributed by atoms with E-state index in [1.54, 1.807) is 42.5 Å². The first-order valence-electron chi connectivity index (χ1n) is 8.58. The van der Waals surface area contributed by atoms with Gasteiger partial charge in [-0.2, -0.15) is 5.10 Å². The van der Waals surface area contributed by atoms with Crippen LogP contribution in [0.25, 0.3) is 11.3 Å². The molecule has 0 unspecified atom stereocenters. The van der Waals surface area contributed by atoms with Crippen LogP contribution < -0.4 is 20.3 Å². The lowest BCUT2D eigenvalue weighted by Crippen LogP contribution is -2.33. The van der Waals surface area contributed by atoms with Crippen LogP contribution in [0.2, 0.25) is 0 Å². The quantitative estimate of drug-likeness (QED) is 0.732. The van der Waals surface area contributed by atoms with E-state index in [1.165, 1.54) is 12.1 Å². The van der Waals surface area contributed by atoms with Gasteiger partial charge in [0.1, 0.15) is 12.4 Å². The van der Waals surface area contributed by atoms with Crippen molar-refractivity contribution in [1.82, 2.24) is 15.1 Å². The predicted octanol–water partition coefficient (Wildman–Crippen LogP) is 2.09. The van der Waals surface area contributed by atoms with Crippen molar-refractivity contribution in [1.29, 1.82) is 0 Å². The van der Waals surface area contributed by atoms with Crippen LogP contribution in [0.3, 0.4) is 0 Å². The highest BCUT2D eigenvalue weighted by Gasteiger charge is 2.15. The van der Waals surface area contributed by atoms with Gasteiger partial charge in [0.2, 0.25) is 12.7 Å². The van der Waals surface area contributed by atoms with Crippen LogP contribution in [0.5, 0.6) is 11.5 Å². The summed E-state index contributed by atoms with van der Waals surface area (Å²) in [7, 11) is 0. The maximum absolute atomic E-state index is 13.6. The summed E-state index contributed by atoms with van der Waals surface area (Å²) in [6.45, 7) is -0.0817. The molecule has 0 atom stereocenters. The molecule has 0 bridgehead atoms. The zero-order chi connectivity index (χ0) is 19.5. The number of rotatable bonds is 5. The van der Waals surface area contributed by atoms with E-state index < -0.39 is 17.3 Å². The number of hydrogen-bond donors (Lipinski definition) is 1. The Morgan fingerprint density at radius 3 is 2.79 bits per heavy atom. The van der Waals surface area contributed by atoms with Crippen molar-refractivity contribution in [2.24, 2.45) is 0 Å². The highest BCUT2D eigenvalue weighted by atomic mass is 19.1. The average Bonchev–Trinajstić information content (AvgIpc) is 3.17. The molecule has 4 rings (SSSR count). The lowest BCUT2D eigenvalue weighted by Gasteiger charge is -2.09. The SMILES string of the molecule is O=C(Cn1nc(-c2ccc3c(c2)OCO3)ccc1=O)NCc1ccccc1F. The van der Waals surface area contributed by atoms with E-state index in [1.807, 2.05) is 0 Å². The molecule has 0 fully saturated rings. The van der Waals surface area contributed by atoms with Gasteiger partial charge in [-0.1, -0.05) is 18.2 Å². The van der Waals surface area contributed by atoms with Crippen LogP contribution in [0.15, 0.2) is 59.4 Å². The van der Waals surface area contributed by atoms with Crippen molar-refractivity contribution >= 4 is 5.91 Å². The zero-order valence-electron chi connectivity index (χ0n) is 14.7. The molecular formula is C20H16FN3O4. The number of carbonyl (C=O) groups excluding carboxylic acids is 1. The Hall–Kier alpha value is -3.68. The zero-order valence-corrected chi connectivity index (χ0v) is 14.7. The molecule has 7 nitrogen and oxygen atoms in total. The molecule has 1 N–H and O–H groups in total. The first-order valence-corrected chi connectivity index (χ1v) is 8.58. The second-order valence-electron chi connectivity index (χ2n) is 6.15. The second-order valence-corrected chi connectivity index (χ2v) is 6.15. The average molecular weight is 381 g/mol. The normalized spacial score (nSPS) is 12.0. The molecule has 2 aromatic carbocycles. The molecule has 1 aliphatic heterocycles. The monoisotopic (exact) mass is 381 g/mol. The molecule has 2 heterocycles. The Balaban J connectivity index is 1.49. The summed E-state index contributed by atoms with van der Waals surface area (Å²) in [6.07, 6.45) is 0. The predicted molar refractivity (Wildman–Crippen MR) is 98.3 cm³/mol. The molecule has 0 spiro atoms. The summed E-state index contributed by atoms with van der Waals surface area (Å²) >= 11 is 0. The summed E-state index contributed by atoms with van der Waals surface area (Å²) in [4.78, 5) is 24.3. The number of ether oxygens (including phenoxy) is 2. The highest BCUT2D eigenvalue weighted by Crippen LogP contribution is 2.35. The Labute approximate surface area is 159 Å². The van der Waals surface area contributed by atoms with E-state index in [0.717, 1.165) is 10.2 Å². The molecule has 142 valence electrons. The van der Waals surface area contributed by atoms with Crippen molar-refractivity contribution in [2.45, 2.75) is 13.1 Å². The number of nitrogens with one attached hydrogen (secondary N) is 1. The fraction of sp³-hybridized carbons (Fsp3) is 0.150. The van der Waals surface area contributed by atoms with E-state index in [2.05, 4.69) is 10.4 Å². The minimum Gasteiger partial charge on any atom is -0.454 e. The number of halogens is 1. The molecule has 1 aromatic heterocycles. The van der Waals surface area contributed by atoms with Crippen LogP contribution in [0.1, 0.15) is 5.56 Å². The summed E-state index contributed by atoms with van der Waals surface area (Å²) in [6, 6.07) is 14.4. The van der Waals surface area contributed by atoms with Crippen molar-refractivity contribution in [2.75, 3.05) is 6.79 Å². The Bertz CT molecular complexity index is 1100. The summed E-state index contributed by atoms with van der Waals surface area (Å²) in [5.41, 5.74) is 1.19. The number of nitrogens with zero attached hydrogens (tertiary/aromatic N) is 2. The lowest BCUT2D eigenvalue weighted by atomic mass is 10.1. The van der Waals surface area contributed by atoms with Gasteiger partial charge in [-0.15, -0.1) is 0 Å². The number of hydrogen-bond acceptors (Lipinski definition) is 5. The number of fused-ring (bicyclic) bond motifs is 1. The number of carbonyl (C=O) groups is 1. The first-order chi connectivity index (χ1) is 13.6. The van der Waals surface area contributed by atoms with Crippen LogP contribution >= 0.6 is 0 Å². The van der Waals surface area contributed by atoms with Gasteiger partial charge in [0.15, 0.2) is 11.5 Å². The maximum Gasteiger partial charge on any atom is 0.267 e. The van der Waals surface area contributed by atoms with Gasteiger partial charge in [-0.3, -0.25) is 9.59 Å². The third kappa shape index (κ3) is 3.71. The van der Waals surface area contributed by atoms with Crippen molar-refractivity contribution in [3.8, 4) is 22.8 Å².